The van der Waals surface area contributed by atoms with Crippen LogP contribution < -0.4 is 15.0 Å². The average molecular weight is 487 g/mol. The maximum atomic E-state index is 11.7. The molecule has 10 heteroatoms. The fourth-order valence-corrected chi connectivity index (χ4v) is 4.36. The summed E-state index contributed by atoms with van der Waals surface area (Å²) >= 11 is 0.898. The van der Waals surface area contributed by atoms with Crippen LogP contribution in [0.1, 0.15) is 11.1 Å². The van der Waals surface area contributed by atoms with E-state index >= 15 is 0 Å². The molecule has 1 fully saturated rings. The maximum absolute atomic E-state index is 11.7. The standard InChI is InChI=1S/C25H22N6O3S/c1-30(11-12-34-19-9-7-17(8-10-19)13-20-24(32)29-25(33)35-20)22-21-23(27-15-26-22)31(16-28-21)14-18-5-3-2-4-6-18/h2-10,13,15-16H,11-12,14H2,1H3,(H,29,32,33)/b20-13-. The van der Waals surface area contributed by atoms with Crippen molar-refractivity contribution in [3.8, 4) is 5.75 Å². The molecule has 9 nitrogen and oxygen atoms in total. The van der Waals surface area contributed by atoms with Crippen LogP contribution in [0, 0.1) is 0 Å². The Bertz CT molecular complexity index is 1400. The first-order valence-corrected chi connectivity index (χ1v) is 11.8. The van der Waals surface area contributed by atoms with Gasteiger partial charge in [-0.05, 0) is 41.1 Å². The summed E-state index contributed by atoms with van der Waals surface area (Å²) in [6, 6.07) is 17.5. The molecule has 35 heavy (non-hydrogen) atoms. The van der Waals surface area contributed by atoms with E-state index in [0.717, 1.165) is 34.3 Å². The van der Waals surface area contributed by atoms with Gasteiger partial charge in [-0.25, -0.2) is 15.0 Å². The highest BCUT2D eigenvalue weighted by molar-refractivity contribution is 8.18. The monoisotopic (exact) mass is 486 g/mol. The van der Waals surface area contributed by atoms with Crippen LogP contribution in [0.5, 0.6) is 5.75 Å². The van der Waals surface area contributed by atoms with Crippen LogP contribution in [-0.2, 0) is 11.3 Å². The van der Waals surface area contributed by atoms with Gasteiger partial charge < -0.3 is 14.2 Å². The number of anilines is 1. The number of fused-ring (bicyclic) bond motifs is 1. The lowest BCUT2D eigenvalue weighted by atomic mass is 10.2. The van der Waals surface area contributed by atoms with Crippen LogP contribution >= 0.6 is 11.8 Å². The van der Waals surface area contributed by atoms with Crippen LogP contribution in [0.15, 0.2) is 72.2 Å². The highest BCUT2D eigenvalue weighted by atomic mass is 32.2. The number of benzene rings is 2. The third-order valence-electron chi connectivity index (χ3n) is 5.45. The van der Waals surface area contributed by atoms with Gasteiger partial charge in [0.25, 0.3) is 11.1 Å². The van der Waals surface area contributed by atoms with Crippen molar-refractivity contribution in [3.63, 3.8) is 0 Å². The van der Waals surface area contributed by atoms with E-state index in [-0.39, 0.29) is 11.1 Å². The minimum Gasteiger partial charge on any atom is -0.492 e. The van der Waals surface area contributed by atoms with Gasteiger partial charge in [-0.1, -0.05) is 42.5 Å². The number of imidazole rings is 1. The Balaban J connectivity index is 1.20. The molecular formula is C25H22N6O3S. The number of ether oxygens (including phenoxy) is 1. The lowest BCUT2D eigenvalue weighted by Gasteiger charge is -2.18. The minimum atomic E-state index is -0.368. The molecule has 5 rings (SSSR count). The molecule has 2 amide bonds. The van der Waals surface area contributed by atoms with E-state index in [9.17, 15) is 9.59 Å². The molecule has 0 unspecified atom stereocenters. The highest BCUT2D eigenvalue weighted by Crippen LogP contribution is 2.26. The van der Waals surface area contributed by atoms with Crippen LogP contribution in [-0.4, -0.2) is 50.9 Å². The van der Waals surface area contributed by atoms with Gasteiger partial charge in [-0.2, -0.15) is 0 Å². The lowest BCUT2D eigenvalue weighted by Crippen LogP contribution is -2.25. The molecule has 0 radical (unpaired) electrons. The molecule has 4 aromatic rings. The Kier molecular flexibility index (Phi) is 6.44. The smallest absolute Gasteiger partial charge is 0.290 e. The number of rotatable bonds is 8. The fourth-order valence-electron chi connectivity index (χ4n) is 3.68. The Hall–Kier alpha value is -4.18. The molecule has 0 atom stereocenters. The number of hydrogen-bond acceptors (Lipinski definition) is 8. The van der Waals surface area contributed by atoms with Crippen molar-refractivity contribution in [2.75, 3.05) is 25.1 Å². The van der Waals surface area contributed by atoms with Crippen molar-refractivity contribution in [3.05, 3.63) is 83.3 Å². The number of amides is 2. The van der Waals surface area contributed by atoms with E-state index in [0.29, 0.717) is 30.4 Å². The number of imide groups is 1. The molecule has 2 aromatic carbocycles. The summed E-state index contributed by atoms with van der Waals surface area (Å²) in [6.45, 7) is 1.73. The summed E-state index contributed by atoms with van der Waals surface area (Å²) < 4.78 is 7.90. The van der Waals surface area contributed by atoms with Gasteiger partial charge in [0, 0.05) is 7.05 Å². The Labute approximate surface area is 205 Å². The zero-order chi connectivity index (χ0) is 24.2. The normalized spacial score (nSPS) is 14.5. The van der Waals surface area contributed by atoms with E-state index in [1.807, 2.05) is 59.0 Å². The topological polar surface area (TPSA) is 102 Å². The van der Waals surface area contributed by atoms with Gasteiger partial charge in [0.05, 0.1) is 24.3 Å². The molecule has 1 N–H and O–H groups in total. The van der Waals surface area contributed by atoms with E-state index in [2.05, 4.69) is 32.4 Å². The Morgan fingerprint density at radius 1 is 1.06 bits per heavy atom. The molecule has 176 valence electrons. The van der Waals surface area contributed by atoms with Crippen molar-refractivity contribution < 1.29 is 14.3 Å². The first-order valence-electron chi connectivity index (χ1n) is 11.0. The molecule has 1 aliphatic heterocycles. The minimum absolute atomic E-state index is 0.353. The van der Waals surface area contributed by atoms with Crippen molar-refractivity contribution in [1.82, 2.24) is 24.8 Å². The van der Waals surface area contributed by atoms with Crippen molar-refractivity contribution >= 4 is 46.0 Å². The van der Waals surface area contributed by atoms with Gasteiger partial charge >= 0.3 is 0 Å². The molecular weight excluding hydrogens is 464 g/mol. The van der Waals surface area contributed by atoms with Gasteiger partial charge in [0.1, 0.15) is 18.7 Å². The van der Waals surface area contributed by atoms with E-state index in [1.54, 1.807) is 18.7 Å². The van der Waals surface area contributed by atoms with Crippen molar-refractivity contribution in [2.24, 2.45) is 0 Å². The van der Waals surface area contributed by atoms with Crippen molar-refractivity contribution in [2.45, 2.75) is 6.54 Å². The fraction of sp³-hybridized carbons (Fsp3) is 0.160. The third kappa shape index (κ3) is 5.17. The average Bonchev–Trinajstić information content (AvgIpc) is 3.42. The number of likely N-dealkylation sites (N-methyl/N-ethyl adjacent to an activating group) is 1. The Morgan fingerprint density at radius 3 is 2.60 bits per heavy atom. The van der Waals surface area contributed by atoms with Gasteiger partial charge in [0.15, 0.2) is 17.0 Å². The predicted molar refractivity (Wildman–Crippen MR) is 135 cm³/mol. The lowest BCUT2D eigenvalue weighted by molar-refractivity contribution is -0.115. The number of thioether (sulfide) groups is 1. The van der Waals surface area contributed by atoms with E-state index < -0.39 is 0 Å². The van der Waals surface area contributed by atoms with Crippen LogP contribution in [0.25, 0.3) is 17.2 Å². The Morgan fingerprint density at radius 2 is 1.86 bits per heavy atom. The summed E-state index contributed by atoms with van der Waals surface area (Å²) in [5.74, 6) is 1.08. The summed E-state index contributed by atoms with van der Waals surface area (Å²) in [4.78, 5) is 38.8. The molecule has 0 saturated carbocycles. The summed E-state index contributed by atoms with van der Waals surface area (Å²) in [5, 5.41) is 1.89. The van der Waals surface area contributed by atoms with Crippen molar-refractivity contribution in [1.29, 1.82) is 0 Å². The molecule has 1 saturated heterocycles. The number of carbonyl (C=O) groups excluding carboxylic acids is 2. The molecule has 0 spiro atoms. The molecule has 3 heterocycles. The second-order valence-electron chi connectivity index (χ2n) is 7.92. The SMILES string of the molecule is CN(CCOc1ccc(/C=C2\SC(=O)NC2=O)cc1)c1ncnc2c1ncn2Cc1ccccc1. The summed E-state index contributed by atoms with van der Waals surface area (Å²) in [6.07, 6.45) is 5.03. The summed E-state index contributed by atoms with van der Waals surface area (Å²) in [5.41, 5.74) is 3.52. The number of hydrogen-bond donors (Lipinski definition) is 1. The van der Waals surface area contributed by atoms with Gasteiger partial charge in [0.2, 0.25) is 0 Å². The van der Waals surface area contributed by atoms with Crippen LogP contribution in [0.3, 0.4) is 0 Å². The van der Waals surface area contributed by atoms with Gasteiger partial charge in [-0.15, -0.1) is 0 Å². The molecule has 0 bridgehead atoms. The zero-order valence-corrected chi connectivity index (χ0v) is 19.7. The maximum Gasteiger partial charge on any atom is 0.290 e. The molecule has 1 aliphatic rings. The number of carbonyl (C=O) groups is 2. The van der Waals surface area contributed by atoms with Gasteiger partial charge in [-0.3, -0.25) is 14.9 Å². The quantitative estimate of drug-likeness (QED) is 0.376. The number of aromatic nitrogens is 4. The third-order valence-corrected chi connectivity index (χ3v) is 6.27. The van der Waals surface area contributed by atoms with E-state index in [1.165, 1.54) is 5.56 Å². The first kappa shape index (κ1) is 22.6. The zero-order valence-electron chi connectivity index (χ0n) is 18.9. The number of nitrogens with zero attached hydrogens (tertiary/aromatic N) is 5. The molecule has 0 aliphatic carbocycles. The van der Waals surface area contributed by atoms with Crippen LogP contribution in [0.4, 0.5) is 10.6 Å². The first-order chi connectivity index (χ1) is 17.1. The van der Waals surface area contributed by atoms with E-state index in [4.69, 9.17) is 4.74 Å². The summed E-state index contributed by atoms with van der Waals surface area (Å²) in [7, 11) is 1.95. The largest absolute Gasteiger partial charge is 0.492 e. The predicted octanol–water partition coefficient (Wildman–Crippen LogP) is 3.71. The highest BCUT2D eigenvalue weighted by Gasteiger charge is 2.24. The van der Waals surface area contributed by atoms with Crippen LogP contribution in [0.2, 0.25) is 0 Å². The second-order valence-corrected chi connectivity index (χ2v) is 8.93. The molecule has 2 aromatic heterocycles. The second kappa shape index (κ2) is 9.98. The number of nitrogens with one attached hydrogen (secondary N) is 1.